The highest BCUT2D eigenvalue weighted by atomic mass is 32.1. The Hall–Kier alpha value is -3.26. The van der Waals surface area contributed by atoms with Crippen molar-refractivity contribution in [3.05, 3.63) is 47.3 Å². The van der Waals surface area contributed by atoms with Crippen molar-refractivity contribution in [3.63, 3.8) is 0 Å². The molecule has 0 spiro atoms. The Labute approximate surface area is 173 Å². The first-order valence-corrected chi connectivity index (χ1v) is 9.64. The zero-order valence-electron chi connectivity index (χ0n) is 16.6. The van der Waals surface area contributed by atoms with E-state index in [-0.39, 0.29) is 12.3 Å². The van der Waals surface area contributed by atoms with Crippen molar-refractivity contribution >= 4 is 22.4 Å². The molecule has 0 atom stereocenters. The number of rotatable bonds is 8. The number of amides is 1. The number of aromatic nitrogens is 1. The van der Waals surface area contributed by atoms with Gasteiger partial charge in [-0.3, -0.25) is 4.79 Å². The average Bonchev–Trinajstić information content (AvgIpc) is 3.21. The second-order valence-corrected chi connectivity index (χ2v) is 6.86. The quantitative estimate of drug-likeness (QED) is 0.600. The minimum atomic E-state index is -0.184. The zero-order chi connectivity index (χ0) is 20.8. The molecule has 0 aliphatic rings. The number of carbonyl (C=O) groups excluding carboxylic acids is 1. The molecule has 0 unspecified atom stereocenters. The predicted octanol–water partition coefficient (Wildman–Crippen LogP) is 4.03. The van der Waals surface area contributed by atoms with Crippen molar-refractivity contribution < 1.29 is 23.7 Å². The van der Waals surface area contributed by atoms with Crippen molar-refractivity contribution in [2.24, 2.45) is 0 Å². The van der Waals surface area contributed by atoms with Crippen LogP contribution in [0.5, 0.6) is 23.0 Å². The third kappa shape index (κ3) is 4.78. The van der Waals surface area contributed by atoms with Gasteiger partial charge in [0.1, 0.15) is 23.0 Å². The molecule has 0 saturated heterocycles. The van der Waals surface area contributed by atoms with Crippen LogP contribution in [0.4, 0.5) is 5.13 Å². The maximum Gasteiger partial charge on any atom is 0.230 e. The van der Waals surface area contributed by atoms with E-state index in [1.165, 1.54) is 11.3 Å². The van der Waals surface area contributed by atoms with Crippen molar-refractivity contribution in [2.75, 3.05) is 33.8 Å². The van der Waals surface area contributed by atoms with Gasteiger partial charge in [-0.25, -0.2) is 4.98 Å². The van der Waals surface area contributed by atoms with Gasteiger partial charge in [-0.1, -0.05) is 6.07 Å². The van der Waals surface area contributed by atoms with Crippen molar-refractivity contribution in [3.8, 4) is 34.3 Å². The van der Waals surface area contributed by atoms with Gasteiger partial charge < -0.3 is 24.3 Å². The molecule has 3 aromatic rings. The summed E-state index contributed by atoms with van der Waals surface area (Å²) in [5, 5.41) is 5.22. The number of anilines is 1. The van der Waals surface area contributed by atoms with Gasteiger partial charge in [-0.15, -0.1) is 11.3 Å². The third-order valence-corrected chi connectivity index (χ3v) is 5.04. The van der Waals surface area contributed by atoms with E-state index in [0.717, 1.165) is 11.1 Å². The summed E-state index contributed by atoms with van der Waals surface area (Å²) < 4.78 is 21.2. The maximum atomic E-state index is 12.5. The standard InChI is InChI=1S/C21H22N2O5S/c1-25-14-6-5-13(18(10-14)27-3)9-20(24)23-21-22-17(12-29-21)16-8-7-15(26-2)11-19(16)28-4/h5-8,10-12H,9H2,1-4H3,(H,22,23,24). The lowest BCUT2D eigenvalue weighted by atomic mass is 10.1. The Morgan fingerprint density at radius 1 is 0.931 bits per heavy atom. The van der Waals surface area contributed by atoms with E-state index in [1.54, 1.807) is 46.6 Å². The third-order valence-electron chi connectivity index (χ3n) is 4.28. The monoisotopic (exact) mass is 414 g/mol. The molecule has 0 aliphatic heterocycles. The summed E-state index contributed by atoms with van der Waals surface area (Å²) in [6.45, 7) is 0. The lowest BCUT2D eigenvalue weighted by molar-refractivity contribution is -0.115. The first kappa shape index (κ1) is 20.5. The molecule has 0 aliphatic carbocycles. The SMILES string of the molecule is COc1ccc(CC(=O)Nc2nc(-c3ccc(OC)cc3OC)cs2)c(OC)c1. The summed E-state index contributed by atoms with van der Waals surface area (Å²) in [6, 6.07) is 10.9. The normalized spacial score (nSPS) is 10.3. The summed E-state index contributed by atoms with van der Waals surface area (Å²) in [4.78, 5) is 17.0. The number of ether oxygens (including phenoxy) is 4. The highest BCUT2D eigenvalue weighted by Gasteiger charge is 2.14. The summed E-state index contributed by atoms with van der Waals surface area (Å²) in [6.07, 6.45) is 0.161. The molecule has 3 rings (SSSR count). The van der Waals surface area contributed by atoms with Gasteiger partial charge in [-0.05, 0) is 18.2 Å². The predicted molar refractivity (Wildman–Crippen MR) is 113 cm³/mol. The summed E-state index contributed by atoms with van der Waals surface area (Å²) in [7, 11) is 6.34. The fraction of sp³-hybridized carbons (Fsp3) is 0.238. The molecule has 2 aromatic carbocycles. The average molecular weight is 414 g/mol. The number of benzene rings is 2. The van der Waals surface area contributed by atoms with Crippen LogP contribution in [0.25, 0.3) is 11.3 Å². The van der Waals surface area contributed by atoms with E-state index in [1.807, 2.05) is 23.6 Å². The number of hydrogen-bond donors (Lipinski definition) is 1. The van der Waals surface area contributed by atoms with Crippen LogP contribution >= 0.6 is 11.3 Å². The van der Waals surface area contributed by atoms with E-state index >= 15 is 0 Å². The number of methoxy groups -OCH3 is 4. The van der Waals surface area contributed by atoms with Crippen LogP contribution < -0.4 is 24.3 Å². The van der Waals surface area contributed by atoms with Crippen LogP contribution in [0.1, 0.15) is 5.56 Å². The van der Waals surface area contributed by atoms with Crippen LogP contribution in [-0.4, -0.2) is 39.3 Å². The Bertz CT molecular complexity index is 1000. The van der Waals surface area contributed by atoms with Gasteiger partial charge in [0.25, 0.3) is 0 Å². The molecule has 8 heteroatoms. The molecule has 1 amide bonds. The van der Waals surface area contributed by atoms with E-state index in [4.69, 9.17) is 18.9 Å². The van der Waals surface area contributed by atoms with E-state index < -0.39 is 0 Å². The highest BCUT2D eigenvalue weighted by Crippen LogP contribution is 2.35. The van der Waals surface area contributed by atoms with Crippen LogP contribution in [0, 0.1) is 0 Å². The second-order valence-electron chi connectivity index (χ2n) is 6.01. The molecule has 1 N–H and O–H groups in total. The molecular formula is C21H22N2O5S. The number of thiazole rings is 1. The number of nitrogens with one attached hydrogen (secondary N) is 1. The van der Waals surface area contributed by atoms with Gasteiger partial charge in [0.05, 0.1) is 40.6 Å². The Balaban J connectivity index is 1.73. The van der Waals surface area contributed by atoms with Crippen LogP contribution in [0.2, 0.25) is 0 Å². The van der Waals surface area contributed by atoms with Crippen molar-refractivity contribution in [1.29, 1.82) is 0 Å². The first-order valence-electron chi connectivity index (χ1n) is 8.76. The van der Waals surface area contributed by atoms with Crippen molar-refractivity contribution in [2.45, 2.75) is 6.42 Å². The molecule has 0 fully saturated rings. The molecule has 29 heavy (non-hydrogen) atoms. The maximum absolute atomic E-state index is 12.5. The van der Waals surface area contributed by atoms with E-state index in [2.05, 4.69) is 10.3 Å². The molecule has 0 bridgehead atoms. The largest absolute Gasteiger partial charge is 0.497 e. The van der Waals surface area contributed by atoms with E-state index in [9.17, 15) is 4.79 Å². The van der Waals surface area contributed by atoms with Crippen molar-refractivity contribution in [1.82, 2.24) is 4.98 Å². The number of hydrogen-bond acceptors (Lipinski definition) is 7. The van der Waals surface area contributed by atoms with Gasteiger partial charge in [0.2, 0.25) is 5.91 Å². The molecule has 0 saturated carbocycles. The Kier molecular flexibility index (Phi) is 6.56. The van der Waals surface area contributed by atoms with Crippen LogP contribution in [0.15, 0.2) is 41.8 Å². The summed E-state index contributed by atoms with van der Waals surface area (Å²) in [5.74, 6) is 2.43. The van der Waals surface area contributed by atoms with Gasteiger partial charge in [0, 0.05) is 28.6 Å². The Morgan fingerprint density at radius 3 is 2.24 bits per heavy atom. The second kappa shape index (κ2) is 9.29. The fourth-order valence-electron chi connectivity index (χ4n) is 2.80. The lowest BCUT2D eigenvalue weighted by Gasteiger charge is -2.10. The van der Waals surface area contributed by atoms with Gasteiger partial charge in [0.15, 0.2) is 5.13 Å². The highest BCUT2D eigenvalue weighted by molar-refractivity contribution is 7.14. The van der Waals surface area contributed by atoms with E-state index in [0.29, 0.717) is 33.8 Å². The smallest absolute Gasteiger partial charge is 0.230 e. The molecule has 152 valence electrons. The van der Waals surface area contributed by atoms with Gasteiger partial charge in [-0.2, -0.15) is 0 Å². The number of nitrogens with zero attached hydrogens (tertiary/aromatic N) is 1. The first-order chi connectivity index (χ1) is 14.1. The summed E-state index contributed by atoms with van der Waals surface area (Å²) >= 11 is 1.35. The summed E-state index contributed by atoms with van der Waals surface area (Å²) in [5.41, 5.74) is 2.30. The molecule has 0 radical (unpaired) electrons. The number of carbonyl (C=O) groups is 1. The van der Waals surface area contributed by atoms with Gasteiger partial charge >= 0.3 is 0 Å². The lowest BCUT2D eigenvalue weighted by Crippen LogP contribution is -2.14. The Morgan fingerprint density at radius 2 is 1.59 bits per heavy atom. The molecule has 1 aromatic heterocycles. The zero-order valence-corrected chi connectivity index (χ0v) is 17.5. The topological polar surface area (TPSA) is 78.9 Å². The molecular weight excluding hydrogens is 392 g/mol. The van der Waals surface area contributed by atoms with Crippen LogP contribution in [-0.2, 0) is 11.2 Å². The van der Waals surface area contributed by atoms with Crippen LogP contribution in [0.3, 0.4) is 0 Å². The molecule has 1 heterocycles. The minimum Gasteiger partial charge on any atom is -0.497 e. The fourth-order valence-corrected chi connectivity index (χ4v) is 3.53. The minimum absolute atomic E-state index is 0.161. The molecule has 7 nitrogen and oxygen atoms in total.